The van der Waals surface area contributed by atoms with Crippen LogP contribution in [0.25, 0.3) is 0 Å². The maximum Gasteiger partial charge on any atom is 0.120 e. The second-order valence-corrected chi connectivity index (χ2v) is 3.64. The van der Waals surface area contributed by atoms with E-state index in [-0.39, 0.29) is 6.04 Å². The zero-order valence-corrected chi connectivity index (χ0v) is 8.95. The predicted molar refractivity (Wildman–Crippen MR) is 57.3 cm³/mol. The van der Waals surface area contributed by atoms with Crippen LogP contribution >= 0.6 is 0 Å². The number of aromatic nitrogens is 2. The summed E-state index contributed by atoms with van der Waals surface area (Å²) in [6, 6.07) is 4.09. The molecule has 2 aromatic rings. The van der Waals surface area contributed by atoms with Gasteiger partial charge in [-0.1, -0.05) is 0 Å². The Morgan fingerprint density at radius 3 is 3.07 bits per heavy atom. The summed E-state index contributed by atoms with van der Waals surface area (Å²) in [7, 11) is 0. The van der Waals surface area contributed by atoms with E-state index >= 15 is 0 Å². The lowest BCUT2D eigenvalue weighted by Gasteiger charge is -2.10. The Morgan fingerprint density at radius 2 is 2.47 bits per heavy atom. The molecule has 1 unspecified atom stereocenters. The largest absolute Gasteiger partial charge is 0.468 e. The SMILES string of the molecule is Cc1[nH]ncc1CNC(C)c1ccco1. The van der Waals surface area contributed by atoms with Gasteiger partial charge in [0, 0.05) is 17.8 Å². The number of aromatic amines is 1. The van der Waals surface area contributed by atoms with Gasteiger partial charge in [0.2, 0.25) is 0 Å². The number of H-pyrrole nitrogens is 1. The van der Waals surface area contributed by atoms with Gasteiger partial charge < -0.3 is 9.73 Å². The topological polar surface area (TPSA) is 53.9 Å². The fourth-order valence-electron chi connectivity index (χ4n) is 1.46. The maximum absolute atomic E-state index is 5.31. The highest BCUT2D eigenvalue weighted by Gasteiger charge is 2.08. The van der Waals surface area contributed by atoms with Crippen LogP contribution in [-0.2, 0) is 6.54 Å². The molecular weight excluding hydrogens is 190 g/mol. The number of furan rings is 1. The third-order valence-corrected chi connectivity index (χ3v) is 2.50. The predicted octanol–water partition coefficient (Wildman–Crippen LogP) is 2.16. The molecule has 15 heavy (non-hydrogen) atoms. The van der Waals surface area contributed by atoms with Crippen LogP contribution in [-0.4, -0.2) is 10.2 Å². The van der Waals surface area contributed by atoms with Crippen LogP contribution in [0.5, 0.6) is 0 Å². The van der Waals surface area contributed by atoms with Crippen molar-refractivity contribution in [2.24, 2.45) is 0 Å². The van der Waals surface area contributed by atoms with E-state index in [1.807, 2.05) is 25.3 Å². The minimum atomic E-state index is 0.217. The smallest absolute Gasteiger partial charge is 0.120 e. The van der Waals surface area contributed by atoms with Crippen molar-refractivity contribution >= 4 is 0 Å². The van der Waals surface area contributed by atoms with Crippen LogP contribution in [0.4, 0.5) is 0 Å². The first-order valence-corrected chi connectivity index (χ1v) is 5.03. The molecule has 1 atom stereocenters. The van der Waals surface area contributed by atoms with Gasteiger partial charge in [-0.25, -0.2) is 0 Å². The lowest BCUT2D eigenvalue weighted by atomic mass is 10.2. The van der Waals surface area contributed by atoms with E-state index in [1.165, 1.54) is 5.56 Å². The number of hydrogen-bond acceptors (Lipinski definition) is 3. The van der Waals surface area contributed by atoms with Crippen molar-refractivity contribution in [2.45, 2.75) is 26.4 Å². The average molecular weight is 205 g/mol. The van der Waals surface area contributed by atoms with E-state index in [0.29, 0.717) is 0 Å². The number of nitrogens with one attached hydrogen (secondary N) is 2. The Balaban J connectivity index is 1.91. The summed E-state index contributed by atoms with van der Waals surface area (Å²) in [6.45, 7) is 4.89. The molecule has 0 aliphatic carbocycles. The highest BCUT2D eigenvalue weighted by molar-refractivity contribution is 5.14. The van der Waals surface area contributed by atoms with Crippen molar-refractivity contribution in [2.75, 3.05) is 0 Å². The average Bonchev–Trinajstić information content (AvgIpc) is 2.85. The fourth-order valence-corrected chi connectivity index (χ4v) is 1.46. The molecule has 0 saturated carbocycles. The van der Waals surface area contributed by atoms with Crippen LogP contribution < -0.4 is 5.32 Å². The van der Waals surface area contributed by atoms with Gasteiger partial charge in [-0.15, -0.1) is 0 Å². The third-order valence-electron chi connectivity index (χ3n) is 2.50. The second-order valence-electron chi connectivity index (χ2n) is 3.64. The molecule has 0 saturated heterocycles. The van der Waals surface area contributed by atoms with Gasteiger partial charge in [0.25, 0.3) is 0 Å². The molecule has 0 aliphatic rings. The van der Waals surface area contributed by atoms with Crippen molar-refractivity contribution in [3.05, 3.63) is 41.6 Å². The number of hydrogen-bond donors (Lipinski definition) is 2. The van der Waals surface area contributed by atoms with Crippen LogP contribution in [0.1, 0.15) is 30.0 Å². The summed E-state index contributed by atoms with van der Waals surface area (Å²) in [5.74, 6) is 0.955. The highest BCUT2D eigenvalue weighted by Crippen LogP contribution is 2.13. The fraction of sp³-hybridized carbons (Fsp3) is 0.364. The van der Waals surface area contributed by atoms with E-state index < -0.39 is 0 Å². The van der Waals surface area contributed by atoms with Crippen molar-refractivity contribution < 1.29 is 4.42 Å². The maximum atomic E-state index is 5.31. The van der Waals surface area contributed by atoms with Gasteiger partial charge in [-0.05, 0) is 26.0 Å². The third kappa shape index (κ3) is 2.27. The normalized spacial score (nSPS) is 12.9. The molecule has 2 N–H and O–H groups in total. The lowest BCUT2D eigenvalue weighted by molar-refractivity contribution is 0.430. The molecule has 4 heteroatoms. The molecule has 0 fully saturated rings. The zero-order chi connectivity index (χ0) is 10.7. The van der Waals surface area contributed by atoms with Gasteiger partial charge in [-0.2, -0.15) is 5.10 Å². The Bertz CT molecular complexity index is 405. The standard InChI is InChI=1S/C11H15N3O/c1-8-10(7-13-14-8)6-12-9(2)11-4-3-5-15-11/h3-5,7,9,12H,6H2,1-2H3,(H,13,14). The quantitative estimate of drug-likeness (QED) is 0.804. The molecule has 0 radical (unpaired) electrons. The molecule has 0 spiro atoms. The Labute approximate surface area is 88.7 Å². The molecule has 0 aromatic carbocycles. The minimum absolute atomic E-state index is 0.217. The first-order valence-electron chi connectivity index (χ1n) is 5.03. The molecule has 0 aliphatic heterocycles. The molecule has 2 heterocycles. The van der Waals surface area contributed by atoms with E-state index in [4.69, 9.17) is 4.42 Å². The van der Waals surface area contributed by atoms with Gasteiger partial charge >= 0.3 is 0 Å². The van der Waals surface area contributed by atoms with Crippen molar-refractivity contribution in [1.29, 1.82) is 0 Å². The molecule has 2 rings (SSSR count). The van der Waals surface area contributed by atoms with E-state index in [9.17, 15) is 0 Å². The summed E-state index contributed by atoms with van der Waals surface area (Å²) >= 11 is 0. The first-order chi connectivity index (χ1) is 7.27. The van der Waals surface area contributed by atoms with Crippen molar-refractivity contribution in [3.63, 3.8) is 0 Å². The van der Waals surface area contributed by atoms with Crippen LogP contribution in [0.15, 0.2) is 29.0 Å². The minimum Gasteiger partial charge on any atom is -0.468 e. The monoisotopic (exact) mass is 205 g/mol. The number of aryl methyl sites for hydroxylation is 1. The Hall–Kier alpha value is -1.55. The molecule has 80 valence electrons. The molecule has 2 aromatic heterocycles. The van der Waals surface area contributed by atoms with Crippen LogP contribution in [0.2, 0.25) is 0 Å². The zero-order valence-electron chi connectivity index (χ0n) is 8.95. The number of nitrogens with zero attached hydrogens (tertiary/aromatic N) is 1. The van der Waals surface area contributed by atoms with Crippen LogP contribution in [0.3, 0.4) is 0 Å². The lowest BCUT2D eigenvalue weighted by Crippen LogP contribution is -2.17. The summed E-state index contributed by atoms with van der Waals surface area (Å²) < 4.78 is 5.31. The molecule has 0 bridgehead atoms. The summed E-state index contributed by atoms with van der Waals surface area (Å²) in [5, 5.41) is 10.3. The molecule has 0 amide bonds. The van der Waals surface area contributed by atoms with E-state index in [1.54, 1.807) is 6.26 Å². The van der Waals surface area contributed by atoms with E-state index in [0.717, 1.165) is 18.0 Å². The molecule has 4 nitrogen and oxygen atoms in total. The molecular formula is C11H15N3O. The summed E-state index contributed by atoms with van der Waals surface area (Å²) in [4.78, 5) is 0. The van der Waals surface area contributed by atoms with Crippen LogP contribution in [0, 0.1) is 6.92 Å². The van der Waals surface area contributed by atoms with Gasteiger partial charge in [0.05, 0.1) is 18.5 Å². The Kier molecular flexibility index (Phi) is 2.87. The summed E-state index contributed by atoms with van der Waals surface area (Å²) in [6.07, 6.45) is 3.54. The van der Waals surface area contributed by atoms with E-state index in [2.05, 4.69) is 22.4 Å². The van der Waals surface area contributed by atoms with Gasteiger partial charge in [0.15, 0.2) is 0 Å². The second kappa shape index (κ2) is 4.31. The number of rotatable bonds is 4. The van der Waals surface area contributed by atoms with Gasteiger partial charge in [-0.3, -0.25) is 5.10 Å². The first kappa shape index (κ1) is 9.98. The summed E-state index contributed by atoms with van der Waals surface area (Å²) in [5.41, 5.74) is 2.29. The van der Waals surface area contributed by atoms with Gasteiger partial charge in [0.1, 0.15) is 5.76 Å². The van der Waals surface area contributed by atoms with Crippen molar-refractivity contribution in [1.82, 2.24) is 15.5 Å². The van der Waals surface area contributed by atoms with Crippen molar-refractivity contribution in [3.8, 4) is 0 Å². The highest BCUT2D eigenvalue weighted by atomic mass is 16.3. The Morgan fingerprint density at radius 1 is 1.60 bits per heavy atom.